The zero-order valence-electron chi connectivity index (χ0n) is 12.5. The second kappa shape index (κ2) is 6.31. The molecule has 0 aromatic heterocycles. The van der Waals surface area contributed by atoms with E-state index in [1.807, 2.05) is 38.1 Å². The number of Topliss-reactive ketones (excluding diaryl/α,β-unsaturated/α-hetero) is 1. The molecule has 2 rings (SSSR count). The lowest BCUT2D eigenvalue weighted by atomic mass is 10.0. The van der Waals surface area contributed by atoms with E-state index in [1.165, 1.54) is 12.5 Å². The number of carbonyl (C=O) groups excluding carboxylic acids is 2. The molecule has 0 N–H and O–H groups in total. The van der Waals surface area contributed by atoms with Crippen molar-refractivity contribution in [1.82, 2.24) is 0 Å². The molecule has 0 spiro atoms. The van der Waals surface area contributed by atoms with Gasteiger partial charge in [-0.25, -0.2) is 0 Å². The monoisotopic (exact) mass is 278 g/mol. The lowest BCUT2D eigenvalue weighted by molar-refractivity contribution is 0.101. The summed E-state index contributed by atoms with van der Waals surface area (Å²) in [5.41, 5.74) is 4.36. The van der Waals surface area contributed by atoms with Gasteiger partial charge in [-0.3, -0.25) is 9.59 Å². The number of hydrogen-bond donors (Lipinski definition) is 0. The summed E-state index contributed by atoms with van der Waals surface area (Å²) < 4.78 is 0. The second-order valence-corrected chi connectivity index (χ2v) is 5.19. The quantitative estimate of drug-likeness (QED) is 0.610. The van der Waals surface area contributed by atoms with Crippen LogP contribution in [0.5, 0.6) is 0 Å². The highest BCUT2D eigenvalue weighted by Gasteiger charge is 2.06. The van der Waals surface area contributed by atoms with E-state index < -0.39 is 0 Å². The highest BCUT2D eigenvalue weighted by atomic mass is 16.1. The van der Waals surface area contributed by atoms with Crippen molar-refractivity contribution in [2.75, 3.05) is 0 Å². The molecule has 0 aliphatic carbocycles. The minimum atomic E-state index is -0.0526. The van der Waals surface area contributed by atoms with E-state index in [9.17, 15) is 9.59 Å². The first-order valence-corrected chi connectivity index (χ1v) is 6.88. The first kappa shape index (κ1) is 14.9. The van der Waals surface area contributed by atoms with E-state index in [-0.39, 0.29) is 11.6 Å². The van der Waals surface area contributed by atoms with E-state index in [0.29, 0.717) is 11.1 Å². The van der Waals surface area contributed by atoms with Gasteiger partial charge in [-0.15, -0.1) is 0 Å². The van der Waals surface area contributed by atoms with Gasteiger partial charge in [-0.1, -0.05) is 54.1 Å². The standard InChI is InChI=1S/C19H18O2/c1-13-4-6-16(7-5-13)14(2)12-19(21)18-10-8-17(9-11-18)15(3)20/h4-12H,1-3H3. The first-order chi connectivity index (χ1) is 9.97. The molecule has 0 amide bonds. The van der Waals surface area contributed by atoms with Gasteiger partial charge in [0, 0.05) is 11.1 Å². The van der Waals surface area contributed by atoms with Gasteiger partial charge in [0.05, 0.1) is 0 Å². The van der Waals surface area contributed by atoms with E-state index in [1.54, 1.807) is 30.3 Å². The Kier molecular flexibility index (Phi) is 4.49. The van der Waals surface area contributed by atoms with E-state index in [4.69, 9.17) is 0 Å². The van der Waals surface area contributed by atoms with Crippen LogP contribution in [-0.4, -0.2) is 11.6 Å². The number of aryl methyl sites for hydroxylation is 1. The van der Waals surface area contributed by atoms with E-state index in [0.717, 1.165) is 11.1 Å². The van der Waals surface area contributed by atoms with Gasteiger partial charge >= 0.3 is 0 Å². The Morgan fingerprint density at radius 2 is 1.24 bits per heavy atom. The summed E-state index contributed by atoms with van der Waals surface area (Å²) in [6, 6.07) is 14.8. The minimum Gasteiger partial charge on any atom is -0.295 e. The van der Waals surface area contributed by atoms with Crippen LogP contribution >= 0.6 is 0 Å². The molecule has 21 heavy (non-hydrogen) atoms. The van der Waals surface area contributed by atoms with Crippen LogP contribution in [-0.2, 0) is 0 Å². The Bertz CT molecular complexity index is 689. The molecule has 0 radical (unpaired) electrons. The molecule has 0 saturated carbocycles. The molecule has 2 nitrogen and oxygen atoms in total. The molecule has 0 aliphatic rings. The fraction of sp³-hybridized carbons (Fsp3) is 0.158. The fourth-order valence-electron chi connectivity index (χ4n) is 2.05. The van der Waals surface area contributed by atoms with Crippen molar-refractivity contribution in [3.63, 3.8) is 0 Å². The molecule has 2 aromatic rings. The predicted molar refractivity (Wildman–Crippen MR) is 85.6 cm³/mol. The lowest BCUT2D eigenvalue weighted by Crippen LogP contribution is -1.98. The van der Waals surface area contributed by atoms with Crippen molar-refractivity contribution in [1.29, 1.82) is 0 Å². The van der Waals surface area contributed by atoms with Crippen LogP contribution in [0.15, 0.2) is 54.6 Å². The van der Waals surface area contributed by atoms with Gasteiger partial charge in [-0.05, 0) is 38.0 Å². The summed E-state index contributed by atoms with van der Waals surface area (Å²) in [6.07, 6.45) is 1.63. The van der Waals surface area contributed by atoms with Crippen molar-refractivity contribution >= 4 is 17.1 Å². The van der Waals surface area contributed by atoms with Crippen molar-refractivity contribution in [2.24, 2.45) is 0 Å². The summed E-state index contributed by atoms with van der Waals surface area (Å²) in [4.78, 5) is 23.4. The van der Waals surface area contributed by atoms with Crippen molar-refractivity contribution in [3.05, 3.63) is 76.9 Å². The van der Waals surface area contributed by atoms with Crippen LogP contribution in [0.3, 0.4) is 0 Å². The third kappa shape index (κ3) is 3.76. The van der Waals surface area contributed by atoms with Gasteiger partial charge in [0.2, 0.25) is 0 Å². The Morgan fingerprint density at radius 1 is 0.762 bits per heavy atom. The number of hydrogen-bond acceptors (Lipinski definition) is 2. The largest absolute Gasteiger partial charge is 0.295 e. The molecule has 2 aromatic carbocycles. The highest BCUT2D eigenvalue weighted by molar-refractivity contribution is 6.08. The van der Waals surface area contributed by atoms with E-state index in [2.05, 4.69) is 0 Å². The van der Waals surface area contributed by atoms with Gasteiger partial charge in [0.15, 0.2) is 11.6 Å². The lowest BCUT2D eigenvalue weighted by Gasteiger charge is -2.03. The maximum atomic E-state index is 12.2. The molecule has 106 valence electrons. The topological polar surface area (TPSA) is 34.1 Å². The molecule has 2 heteroatoms. The summed E-state index contributed by atoms with van der Waals surface area (Å²) in [7, 11) is 0. The molecule has 0 atom stereocenters. The average Bonchev–Trinajstić information content (AvgIpc) is 2.47. The van der Waals surface area contributed by atoms with Crippen LogP contribution in [0.25, 0.3) is 5.57 Å². The molecule has 0 unspecified atom stereocenters. The Morgan fingerprint density at radius 3 is 1.76 bits per heavy atom. The van der Waals surface area contributed by atoms with Crippen LogP contribution in [0.1, 0.15) is 45.7 Å². The number of benzene rings is 2. The molecule has 0 aliphatic heterocycles. The van der Waals surface area contributed by atoms with Crippen molar-refractivity contribution in [3.8, 4) is 0 Å². The van der Waals surface area contributed by atoms with Gasteiger partial charge in [-0.2, -0.15) is 0 Å². The summed E-state index contributed by atoms with van der Waals surface area (Å²) in [6.45, 7) is 5.47. The first-order valence-electron chi connectivity index (χ1n) is 6.88. The Labute approximate surface area is 125 Å². The summed E-state index contributed by atoms with van der Waals surface area (Å²) >= 11 is 0. The Hall–Kier alpha value is -2.48. The number of ketones is 2. The van der Waals surface area contributed by atoms with Crippen molar-refractivity contribution in [2.45, 2.75) is 20.8 Å². The summed E-state index contributed by atoms with van der Waals surface area (Å²) in [5.74, 6) is -0.0523. The van der Waals surface area contributed by atoms with Gasteiger partial charge in [0.1, 0.15) is 0 Å². The van der Waals surface area contributed by atoms with Crippen LogP contribution in [0.2, 0.25) is 0 Å². The maximum Gasteiger partial charge on any atom is 0.186 e. The molecule has 0 bridgehead atoms. The number of allylic oxidation sites excluding steroid dienone is 2. The second-order valence-electron chi connectivity index (χ2n) is 5.19. The smallest absolute Gasteiger partial charge is 0.186 e. The minimum absolute atomic E-state index is 0.000349. The van der Waals surface area contributed by atoms with Gasteiger partial charge in [0.25, 0.3) is 0 Å². The van der Waals surface area contributed by atoms with Crippen LogP contribution in [0, 0.1) is 6.92 Å². The van der Waals surface area contributed by atoms with Crippen LogP contribution < -0.4 is 0 Å². The van der Waals surface area contributed by atoms with Gasteiger partial charge < -0.3 is 0 Å². The van der Waals surface area contributed by atoms with Crippen molar-refractivity contribution < 1.29 is 9.59 Å². The fourth-order valence-corrected chi connectivity index (χ4v) is 2.05. The maximum absolute atomic E-state index is 12.2. The molecule has 0 fully saturated rings. The number of rotatable bonds is 4. The normalized spacial score (nSPS) is 11.3. The average molecular weight is 278 g/mol. The SMILES string of the molecule is CC(=O)c1ccc(C(=O)C=C(C)c2ccc(C)cc2)cc1. The number of carbonyl (C=O) groups is 2. The third-order valence-corrected chi connectivity index (χ3v) is 3.43. The van der Waals surface area contributed by atoms with E-state index >= 15 is 0 Å². The molecule has 0 heterocycles. The molecule has 0 saturated heterocycles. The zero-order valence-corrected chi connectivity index (χ0v) is 12.5. The van der Waals surface area contributed by atoms with Crippen LogP contribution in [0.4, 0.5) is 0 Å². The molecular formula is C19H18O2. The predicted octanol–water partition coefficient (Wildman–Crippen LogP) is 4.48. The summed E-state index contributed by atoms with van der Waals surface area (Å²) in [5, 5.41) is 0. The molecular weight excluding hydrogens is 260 g/mol. The Balaban J connectivity index is 2.21. The third-order valence-electron chi connectivity index (χ3n) is 3.43. The zero-order chi connectivity index (χ0) is 15.4. The highest BCUT2D eigenvalue weighted by Crippen LogP contribution is 2.16.